The number of rotatable bonds is 6. The molecule has 0 fully saturated rings. The van der Waals surface area contributed by atoms with E-state index in [1.807, 2.05) is 4.72 Å². The van der Waals surface area contributed by atoms with Gasteiger partial charge in [0.05, 0.1) is 13.4 Å². The maximum Gasteiger partial charge on any atom is 0.264 e. The van der Waals surface area contributed by atoms with E-state index in [-0.39, 0.29) is 5.56 Å². The van der Waals surface area contributed by atoms with Crippen LogP contribution in [0.15, 0.2) is 48.5 Å². The summed E-state index contributed by atoms with van der Waals surface area (Å²) in [5, 5.41) is 0. The maximum atomic E-state index is 11.7. The smallest absolute Gasteiger partial charge is 0.264 e. The van der Waals surface area contributed by atoms with Gasteiger partial charge >= 0.3 is 0 Å². The number of carbonyl (C=O) groups is 1. The van der Waals surface area contributed by atoms with Crippen molar-refractivity contribution >= 4 is 15.9 Å². The highest BCUT2D eigenvalue weighted by Gasteiger charge is 2.10. The molecule has 0 unspecified atom stereocenters. The fourth-order valence-corrected chi connectivity index (χ4v) is 2.27. The number of benzene rings is 2. The van der Waals surface area contributed by atoms with Crippen molar-refractivity contribution in [3.63, 3.8) is 0 Å². The summed E-state index contributed by atoms with van der Waals surface area (Å²) in [6.45, 7) is 0.334. The molecule has 1 amide bonds. The quantitative estimate of drug-likeness (QED) is 0.873. The molecule has 0 aromatic heterocycles. The Labute approximate surface area is 135 Å². The lowest BCUT2D eigenvalue weighted by molar-refractivity contribution is 0.0981. The molecule has 0 aliphatic heterocycles. The molecule has 122 valence electrons. The number of amides is 1. The van der Waals surface area contributed by atoms with E-state index in [0.717, 1.165) is 17.6 Å². The van der Waals surface area contributed by atoms with Crippen LogP contribution in [0.5, 0.6) is 11.5 Å². The van der Waals surface area contributed by atoms with Crippen molar-refractivity contribution in [1.82, 2.24) is 4.72 Å². The average Bonchev–Trinajstić information content (AvgIpc) is 2.52. The SMILES string of the molecule is COc1ccc(OCc2ccc(C(=O)NS(C)(=O)=O)cc2)cc1. The number of carbonyl (C=O) groups excluding carboxylic acids is 1. The summed E-state index contributed by atoms with van der Waals surface area (Å²) in [7, 11) is -1.97. The van der Waals surface area contributed by atoms with E-state index in [0.29, 0.717) is 12.4 Å². The molecule has 23 heavy (non-hydrogen) atoms. The maximum absolute atomic E-state index is 11.7. The largest absolute Gasteiger partial charge is 0.497 e. The summed E-state index contributed by atoms with van der Waals surface area (Å²) in [4.78, 5) is 11.7. The van der Waals surface area contributed by atoms with E-state index in [9.17, 15) is 13.2 Å². The number of methoxy groups -OCH3 is 1. The molecular formula is C16H17NO5S. The third kappa shape index (κ3) is 5.30. The van der Waals surface area contributed by atoms with Crippen LogP contribution in [-0.4, -0.2) is 27.7 Å². The van der Waals surface area contributed by atoms with Gasteiger partial charge in [-0.25, -0.2) is 13.1 Å². The first-order valence-corrected chi connectivity index (χ1v) is 8.64. The van der Waals surface area contributed by atoms with Crippen LogP contribution in [0.4, 0.5) is 0 Å². The summed E-state index contributed by atoms with van der Waals surface area (Å²) >= 11 is 0. The minimum Gasteiger partial charge on any atom is -0.497 e. The molecule has 0 atom stereocenters. The van der Waals surface area contributed by atoms with Crippen molar-refractivity contribution in [2.45, 2.75) is 6.61 Å². The molecule has 0 saturated heterocycles. The zero-order chi connectivity index (χ0) is 16.9. The van der Waals surface area contributed by atoms with Crippen molar-refractivity contribution in [3.8, 4) is 11.5 Å². The number of hydrogen-bond donors (Lipinski definition) is 1. The Morgan fingerprint density at radius 2 is 1.57 bits per heavy atom. The molecule has 0 aliphatic rings. The van der Waals surface area contributed by atoms with Crippen LogP contribution in [0.2, 0.25) is 0 Å². The van der Waals surface area contributed by atoms with Crippen molar-refractivity contribution in [1.29, 1.82) is 0 Å². The van der Waals surface area contributed by atoms with Gasteiger partial charge in [0.15, 0.2) is 0 Å². The Hall–Kier alpha value is -2.54. The van der Waals surface area contributed by atoms with Crippen molar-refractivity contribution in [3.05, 3.63) is 59.7 Å². The fraction of sp³-hybridized carbons (Fsp3) is 0.188. The lowest BCUT2D eigenvalue weighted by atomic mass is 10.1. The number of sulfonamides is 1. The van der Waals surface area contributed by atoms with Gasteiger partial charge in [-0.2, -0.15) is 0 Å². The molecule has 0 aliphatic carbocycles. The van der Waals surface area contributed by atoms with Crippen LogP contribution in [0.1, 0.15) is 15.9 Å². The van der Waals surface area contributed by atoms with E-state index in [2.05, 4.69) is 0 Å². The van der Waals surface area contributed by atoms with Crippen LogP contribution in [-0.2, 0) is 16.6 Å². The van der Waals surface area contributed by atoms with Gasteiger partial charge in [-0.05, 0) is 42.0 Å². The predicted octanol–water partition coefficient (Wildman–Crippen LogP) is 1.96. The second-order valence-electron chi connectivity index (χ2n) is 4.86. The van der Waals surface area contributed by atoms with Crippen molar-refractivity contribution in [2.24, 2.45) is 0 Å². The lowest BCUT2D eigenvalue weighted by Crippen LogP contribution is -2.29. The highest BCUT2D eigenvalue weighted by Crippen LogP contribution is 2.18. The predicted molar refractivity (Wildman–Crippen MR) is 86.1 cm³/mol. The lowest BCUT2D eigenvalue weighted by Gasteiger charge is -2.08. The molecule has 2 rings (SSSR count). The van der Waals surface area contributed by atoms with Crippen molar-refractivity contribution < 1.29 is 22.7 Å². The molecule has 0 bridgehead atoms. The Bertz CT molecular complexity index is 767. The molecule has 0 heterocycles. The van der Waals surface area contributed by atoms with Gasteiger partial charge in [-0.15, -0.1) is 0 Å². The summed E-state index contributed by atoms with van der Waals surface area (Å²) in [6.07, 6.45) is 0.933. The van der Waals surface area contributed by atoms with Gasteiger partial charge in [-0.3, -0.25) is 4.79 Å². The van der Waals surface area contributed by atoms with Crippen LogP contribution in [0, 0.1) is 0 Å². The van der Waals surface area contributed by atoms with E-state index < -0.39 is 15.9 Å². The highest BCUT2D eigenvalue weighted by molar-refractivity contribution is 7.89. The first-order valence-electron chi connectivity index (χ1n) is 6.75. The number of hydrogen-bond acceptors (Lipinski definition) is 5. The first-order chi connectivity index (χ1) is 10.9. The van der Waals surface area contributed by atoms with Crippen LogP contribution in [0.25, 0.3) is 0 Å². The zero-order valence-corrected chi connectivity index (χ0v) is 13.6. The summed E-state index contributed by atoms with van der Waals surface area (Å²) in [5.41, 5.74) is 1.13. The van der Waals surface area contributed by atoms with Gasteiger partial charge in [0.2, 0.25) is 10.0 Å². The molecule has 0 saturated carbocycles. The third-order valence-corrected chi connectivity index (χ3v) is 3.52. The second-order valence-corrected chi connectivity index (χ2v) is 6.61. The van der Waals surface area contributed by atoms with Crippen LogP contribution >= 0.6 is 0 Å². The molecule has 6 nitrogen and oxygen atoms in total. The van der Waals surface area contributed by atoms with E-state index in [4.69, 9.17) is 9.47 Å². The van der Waals surface area contributed by atoms with E-state index in [1.54, 1.807) is 55.6 Å². The second kappa shape index (κ2) is 7.15. The normalized spacial score (nSPS) is 10.9. The molecule has 1 N–H and O–H groups in total. The van der Waals surface area contributed by atoms with E-state index in [1.165, 1.54) is 0 Å². The Morgan fingerprint density at radius 3 is 2.09 bits per heavy atom. The zero-order valence-electron chi connectivity index (χ0n) is 12.8. The van der Waals surface area contributed by atoms with Gasteiger partial charge in [0.1, 0.15) is 18.1 Å². The highest BCUT2D eigenvalue weighted by atomic mass is 32.2. The van der Waals surface area contributed by atoms with Gasteiger partial charge in [-0.1, -0.05) is 12.1 Å². The van der Waals surface area contributed by atoms with Gasteiger partial charge < -0.3 is 9.47 Å². The summed E-state index contributed by atoms with van der Waals surface area (Å²) in [6, 6.07) is 13.7. The fourth-order valence-electron chi connectivity index (χ4n) is 1.82. The van der Waals surface area contributed by atoms with Gasteiger partial charge in [0, 0.05) is 5.56 Å². The minimum absolute atomic E-state index is 0.267. The molecule has 2 aromatic carbocycles. The van der Waals surface area contributed by atoms with E-state index >= 15 is 0 Å². The molecule has 7 heteroatoms. The van der Waals surface area contributed by atoms with Gasteiger partial charge in [0.25, 0.3) is 5.91 Å². The van der Waals surface area contributed by atoms with Crippen LogP contribution in [0.3, 0.4) is 0 Å². The molecule has 0 radical (unpaired) electrons. The standard InChI is InChI=1S/C16H17NO5S/c1-21-14-7-9-15(10-8-14)22-11-12-3-5-13(6-4-12)16(18)17-23(2,19)20/h3-10H,11H2,1-2H3,(H,17,18). The summed E-state index contributed by atoms with van der Waals surface area (Å²) in [5.74, 6) is 0.790. The molecular weight excluding hydrogens is 318 g/mol. The van der Waals surface area contributed by atoms with Crippen LogP contribution < -0.4 is 14.2 Å². The number of nitrogens with one attached hydrogen (secondary N) is 1. The third-order valence-electron chi connectivity index (χ3n) is 2.96. The molecule has 0 spiro atoms. The monoisotopic (exact) mass is 335 g/mol. The summed E-state index contributed by atoms with van der Waals surface area (Å²) < 4.78 is 34.7. The topological polar surface area (TPSA) is 81.7 Å². The Morgan fingerprint density at radius 1 is 1.00 bits per heavy atom. The first kappa shape index (κ1) is 16.8. The Kier molecular flexibility index (Phi) is 5.23. The minimum atomic E-state index is -3.57. The van der Waals surface area contributed by atoms with Crippen molar-refractivity contribution in [2.75, 3.05) is 13.4 Å². The average molecular weight is 335 g/mol. The number of ether oxygens (including phenoxy) is 2. The Balaban J connectivity index is 1.95. The molecule has 2 aromatic rings.